The van der Waals surface area contributed by atoms with E-state index < -0.39 is 0 Å². The number of rotatable bonds is 8. The highest BCUT2D eigenvalue weighted by Gasteiger charge is 2.22. The molecule has 144 valence electrons. The molecule has 26 heavy (non-hydrogen) atoms. The van der Waals surface area contributed by atoms with E-state index in [0.717, 1.165) is 29.8 Å². The molecule has 0 spiro atoms. The van der Waals surface area contributed by atoms with Crippen LogP contribution in [-0.2, 0) is 0 Å². The highest BCUT2D eigenvalue weighted by molar-refractivity contribution is 5.98. The minimum atomic E-state index is 0.330. The molecule has 0 amide bonds. The molecule has 0 radical (unpaired) electrons. The maximum atomic E-state index is 13.1. The molecule has 0 N–H and O–H groups in total. The lowest BCUT2D eigenvalue weighted by atomic mass is 9.82. The summed E-state index contributed by atoms with van der Waals surface area (Å²) in [6.07, 6.45) is 9.97. The van der Waals surface area contributed by atoms with Crippen LogP contribution in [0.25, 0.3) is 0 Å². The number of carbonyl (C=O) groups excluding carboxylic acids is 1. The summed E-state index contributed by atoms with van der Waals surface area (Å²) in [5.74, 6) is 1.28. The Bertz CT molecular complexity index is 629. The molecule has 3 nitrogen and oxygen atoms in total. The van der Waals surface area contributed by atoms with Gasteiger partial charge in [-0.15, -0.1) is 0 Å². The van der Waals surface area contributed by atoms with Crippen LogP contribution in [0, 0.1) is 12.8 Å². The quantitative estimate of drug-likeness (QED) is 0.312. The van der Waals surface area contributed by atoms with Gasteiger partial charge in [-0.05, 0) is 55.4 Å². The van der Waals surface area contributed by atoms with Gasteiger partial charge >= 0.3 is 0 Å². The van der Waals surface area contributed by atoms with E-state index in [1.165, 1.54) is 37.7 Å². The Morgan fingerprint density at radius 3 is 2.58 bits per heavy atom. The van der Waals surface area contributed by atoms with Gasteiger partial charge in [-0.3, -0.25) is 4.79 Å². The number of benzene rings is 1. The first-order chi connectivity index (χ1) is 12.5. The minimum absolute atomic E-state index is 0.330. The summed E-state index contributed by atoms with van der Waals surface area (Å²) < 4.78 is 0. The molecule has 0 saturated heterocycles. The Morgan fingerprint density at radius 2 is 1.96 bits per heavy atom. The van der Waals surface area contributed by atoms with Crippen LogP contribution in [0.4, 0.5) is 5.69 Å². The Kier molecular flexibility index (Phi) is 7.86. The van der Waals surface area contributed by atoms with E-state index in [0.29, 0.717) is 24.0 Å². The topological polar surface area (TPSA) is 32.7 Å². The van der Waals surface area contributed by atoms with E-state index >= 15 is 0 Å². The van der Waals surface area contributed by atoms with Crippen LogP contribution in [0.2, 0.25) is 0 Å². The van der Waals surface area contributed by atoms with Crippen molar-refractivity contribution in [3.05, 3.63) is 28.8 Å². The minimum Gasteiger partial charge on any atom is -0.366 e. The number of nitrogens with zero attached hydrogens (tertiary/aromatic N) is 2. The molecular weight excluding hydrogens is 320 g/mol. The summed E-state index contributed by atoms with van der Waals surface area (Å²) in [6, 6.07) is 4.24. The zero-order valence-electron chi connectivity index (χ0n) is 17.3. The number of hydrogen-bond acceptors (Lipinski definition) is 2. The van der Waals surface area contributed by atoms with Crippen LogP contribution in [-0.4, -0.2) is 30.6 Å². The van der Waals surface area contributed by atoms with Gasteiger partial charge in [0.2, 0.25) is 0 Å². The van der Waals surface area contributed by atoms with Gasteiger partial charge in [0, 0.05) is 25.6 Å². The zero-order chi connectivity index (χ0) is 19.1. The van der Waals surface area contributed by atoms with Gasteiger partial charge in [-0.1, -0.05) is 46.0 Å². The van der Waals surface area contributed by atoms with E-state index in [9.17, 15) is 4.79 Å². The standard InChI is InChI=1S/C23H36N2O/c1-6-17(3)20-15-22(24-16-25(5)7-2)18(4)13-21(20)23(26)14-19-11-9-8-10-12-19/h13,15-17,19H,6-12,14H2,1-5H3/b24-16+. The normalized spacial score (nSPS) is 16.8. The van der Waals surface area contributed by atoms with Crippen molar-refractivity contribution in [3.63, 3.8) is 0 Å². The molecule has 1 fully saturated rings. The van der Waals surface area contributed by atoms with Crippen LogP contribution >= 0.6 is 0 Å². The molecule has 0 aromatic heterocycles. The SMILES string of the molecule is CCC(C)c1cc(/N=C/N(C)CC)c(C)cc1C(=O)CC1CCCCC1. The fourth-order valence-corrected chi connectivity index (χ4v) is 3.73. The molecule has 0 heterocycles. The van der Waals surface area contributed by atoms with Gasteiger partial charge < -0.3 is 4.90 Å². The molecule has 1 aromatic carbocycles. The molecule has 2 rings (SSSR count). The number of ketones is 1. The van der Waals surface area contributed by atoms with E-state index in [-0.39, 0.29) is 0 Å². The first kappa shape index (κ1) is 20.7. The van der Waals surface area contributed by atoms with Crippen molar-refractivity contribution in [1.82, 2.24) is 4.90 Å². The zero-order valence-corrected chi connectivity index (χ0v) is 17.3. The summed E-state index contributed by atoms with van der Waals surface area (Å²) in [5, 5.41) is 0. The summed E-state index contributed by atoms with van der Waals surface area (Å²) in [5.41, 5.74) is 4.18. The fourth-order valence-electron chi connectivity index (χ4n) is 3.73. The number of hydrogen-bond donors (Lipinski definition) is 0. The van der Waals surface area contributed by atoms with Crippen molar-refractivity contribution in [1.29, 1.82) is 0 Å². The average Bonchev–Trinajstić information content (AvgIpc) is 2.66. The third kappa shape index (κ3) is 5.43. The van der Waals surface area contributed by atoms with Gasteiger partial charge in [0.1, 0.15) is 0 Å². The first-order valence-corrected chi connectivity index (χ1v) is 10.4. The van der Waals surface area contributed by atoms with E-state index in [2.05, 4.69) is 49.7 Å². The smallest absolute Gasteiger partial charge is 0.163 e. The van der Waals surface area contributed by atoms with Crippen molar-refractivity contribution in [2.45, 2.75) is 78.6 Å². The highest BCUT2D eigenvalue weighted by atomic mass is 16.1. The second-order valence-corrected chi connectivity index (χ2v) is 7.98. The molecule has 1 aliphatic carbocycles. The van der Waals surface area contributed by atoms with Crippen molar-refractivity contribution >= 4 is 17.8 Å². The molecule has 1 atom stereocenters. The van der Waals surface area contributed by atoms with Crippen molar-refractivity contribution < 1.29 is 4.79 Å². The second-order valence-electron chi connectivity index (χ2n) is 7.98. The fraction of sp³-hybridized carbons (Fsp3) is 0.652. The Hall–Kier alpha value is -1.64. The number of aliphatic imine (C=N–C) groups is 1. The molecule has 3 heteroatoms. The lowest BCUT2D eigenvalue weighted by molar-refractivity contribution is 0.0949. The Labute approximate surface area is 159 Å². The van der Waals surface area contributed by atoms with Crippen LogP contribution in [0.5, 0.6) is 0 Å². The van der Waals surface area contributed by atoms with Crippen LogP contribution < -0.4 is 0 Å². The summed E-state index contributed by atoms with van der Waals surface area (Å²) in [7, 11) is 2.02. The predicted octanol–water partition coefficient (Wildman–Crippen LogP) is 6.27. The van der Waals surface area contributed by atoms with Gasteiger partial charge in [-0.25, -0.2) is 4.99 Å². The summed E-state index contributed by atoms with van der Waals surface area (Å²) in [4.78, 5) is 19.8. The molecular formula is C23H36N2O. The van der Waals surface area contributed by atoms with Gasteiger partial charge in [0.25, 0.3) is 0 Å². The van der Waals surface area contributed by atoms with E-state index in [1.54, 1.807) is 0 Å². The molecule has 0 bridgehead atoms. The molecule has 1 aliphatic rings. The Balaban J connectivity index is 2.30. The number of Topliss-reactive ketones (excluding diaryl/α,β-unsaturated/α-hetero) is 1. The number of carbonyl (C=O) groups is 1. The van der Waals surface area contributed by atoms with Crippen LogP contribution in [0.15, 0.2) is 17.1 Å². The van der Waals surface area contributed by atoms with E-state index in [4.69, 9.17) is 0 Å². The molecule has 0 aliphatic heterocycles. The van der Waals surface area contributed by atoms with Crippen molar-refractivity contribution in [3.8, 4) is 0 Å². The van der Waals surface area contributed by atoms with Gasteiger partial charge in [0.05, 0.1) is 12.0 Å². The second kappa shape index (κ2) is 9.89. The third-order valence-electron chi connectivity index (χ3n) is 5.90. The largest absolute Gasteiger partial charge is 0.366 e. The third-order valence-corrected chi connectivity index (χ3v) is 5.90. The summed E-state index contributed by atoms with van der Waals surface area (Å²) >= 11 is 0. The predicted molar refractivity (Wildman–Crippen MR) is 112 cm³/mol. The summed E-state index contributed by atoms with van der Waals surface area (Å²) in [6.45, 7) is 9.51. The average molecular weight is 357 g/mol. The highest BCUT2D eigenvalue weighted by Crippen LogP contribution is 2.33. The lowest BCUT2D eigenvalue weighted by Gasteiger charge is -2.22. The first-order valence-electron chi connectivity index (χ1n) is 10.4. The Morgan fingerprint density at radius 1 is 1.27 bits per heavy atom. The number of aryl methyl sites for hydroxylation is 1. The van der Waals surface area contributed by atoms with Crippen LogP contribution in [0.3, 0.4) is 0 Å². The van der Waals surface area contributed by atoms with Gasteiger partial charge in [0.15, 0.2) is 5.78 Å². The molecule has 1 aromatic rings. The van der Waals surface area contributed by atoms with Crippen molar-refractivity contribution in [2.75, 3.05) is 13.6 Å². The molecule has 1 unspecified atom stereocenters. The monoisotopic (exact) mass is 356 g/mol. The maximum Gasteiger partial charge on any atom is 0.163 e. The molecule has 1 saturated carbocycles. The van der Waals surface area contributed by atoms with Crippen LogP contribution in [0.1, 0.15) is 93.1 Å². The van der Waals surface area contributed by atoms with Crippen molar-refractivity contribution in [2.24, 2.45) is 10.9 Å². The van der Waals surface area contributed by atoms with Gasteiger partial charge in [-0.2, -0.15) is 0 Å². The maximum absolute atomic E-state index is 13.1. The van der Waals surface area contributed by atoms with E-state index in [1.807, 2.05) is 13.4 Å². The lowest BCUT2D eigenvalue weighted by Crippen LogP contribution is -2.15.